The molecule has 1 saturated heterocycles. The molecule has 1 atom stereocenters. The molecule has 3 aromatic carbocycles. The van der Waals surface area contributed by atoms with Gasteiger partial charge < -0.3 is 9.36 Å². The van der Waals surface area contributed by atoms with Gasteiger partial charge in [0.1, 0.15) is 11.4 Å². The van der Waals surface area contributed by atoms with Gasteiger partial charge in [-0.3, -0.25) is 9.69 Å². The number of para-hydroxylation sites is 1. The van der Waals surface area contributed by atoms with Gasteiger partial charge in [-0.1, -0.05) is 107 Å². The predicted molar refractivity (Wildman–Crippen MR) is 142 cm³/mol. The molecule has 1 aromatic heterocycles. The van der Waals surface area contributed by atoms with Crippen LogP contribution in [-0.4, -0.2) is 27.8 Å². The summed E-state index contributed by atoms with van der Waals surface area (Å²) in [7, 11) is 0. The fourth-order valence-corrected chi connectivity index (χ4v) is 5.56. The minimum atomic E-state index is -1.27. The molecule has 36 heavy (non-hydrogen) atoms. The molecule has 7 nitrogen and oxygen atoms in total. The Kier molecular flexibility index (Phi) is 5.58. The second kappa shape index (κ2) is 9.05. The lowest BCUT2D eigenvalue weighted by Gasteiger charge is -2.38. The molecule has 0 N–H and O–H groups in total. The van der Waals surface area contributed by atoms with E-state index in [1.54, 1.807) is 4.90 Å². The Morgan fingerprint density at radius 3 is 2.28 bits per heavy atom. The summed E-state index contributed by atoms with van der Waals surface area (Å²) in [5, 5.41) is 7.43. The zero-order chi connectivity index (χ0) is 24.5. The fourth-order valence-electron chi connectivity index (χ4n) is 4.39. The minimum Gasteiger partial charge on any atom is -0.354 e. The summed E-state index contributed by atoms with van der Waals surface area (Å²) in [6.07, 6.45) is 3.76. The summed E-state index contributed by atoms with van der Waals surface area (Å²) in [6, 6.07) is 29.5. The number of aryl methyl sites for hydroxylation is 1. The van der Waals surface area contributed by atoms with Crippen molar-refractivity contribution < 1.29 is 14.2 Å². The number of hydrogen-bond acceptors (Lipinski definition) is 7. The summed E-state index contributed by atoms with van der Waals surface area (Å²) >= 11 is 1.37. The van der Waals surface area contributed by atoms with Gasteiger partial charge in [-0.15, -0.1) is 0 Å². The van der Waals surface area contributed by atoms with Crippen LogP contribution in [-0.2, 0) is 9.63 Å². The second-order valence-electron chi connectivity index (χ2n) is 8.33. The predicted octanol–water partition coefficient (Wildman–Crippen LogP) is 5.74. The highest BCUT2D eigenvalue weighted by Gasteiger charge is 2.61. The van der Waals surface area contributed by atoms with Gasteiger partial charge in [0, 0.05) is 11.3 Å². The number of thioether (sulfide) groups is 1. The molecule has 0 saturated carbocycles. The van der Waals surface area contributed by atoms with E-state index in [9.17, 15) is 4.79 Å². The number of aromatic nitrogens is 1. The van der Waals surface area contributed by atoms with Crippen molar-refractivity contribution >= 4 is 47.0 Å². The normalized spacial score (nSPS) is 19.4. The van der Waals surface area contributed by atoms with Crippen molar-refractivity contribution in [3.8, 4) is 0 Å². The Balaban J connectivity index is 1.47. The van der Waals surface area contributed by atoms with Crippen LogP contribution in [0.3, 0.4) is 0 Å². The van der Waals surface area contributed by atoms with E-state index in [0.29, 0.717) is 23.0 Å². The van der Waals surface area contributed by atoms with Crippen LogP contribution in [0.4, 0.5) is 11.4 Å². The summed E-state index contributed by atoms with van der Waals surface area (Å²) in [5.74, 6) is 1.18. The first-order valence-electron chi connectivity index (χ1n) is 11.5. The van der Waals surface area contributed by atoms with E-state index in [2.05, 4.69) is 10.3 Å². The molecule has 1 amide bonds. The van der Waals surface area contributed by atoms with Crippen LogP contribution in [0.25, 0.3) is 12.2 Å². The summed E-state index contributed by atoms with van der Waals surface area (Å²) in [6.45, 7) is 1.82. The number of benzene rings is 3. The van der Waals surface area contributed by atoms with E-state index in [1.807, 2.05) is 115 Å². The lowest BCUT2D eigenvalue weighted by molar-refractivity contribution is -0.118. The number of oxime groups is 1. The highest BCUT2D eigenvalue weighted by atomic mass is 32.2. The van der Waals surface area contributed by atoms with E-state index in [1.165, 1.54) is 11.8 Å². The molecule has 2 aliphatic heterocycles. The van der Waals surface area contributed by atoms with Gasteiger partial charge >= 0.3 is 5.18 Å². The Morgan fingerprint density at radius 1 is 0.889 bits per heavy atom. The molecule has 1 unspecified atom stereocenters. The number of carbonyl (C=O) groups excluding carboxylic acids is 1. The molecule has 6 rings (SSSR count). The molecule has 178 valence electrons. The molecule has 2 aliphatic rings. The lowest BCUT2D eigenvalue weighted by Crippen LogP contribution is -2.57. The maximum atomic E-state index is 13.5. The van der Waals surface area contributed by atoms with Gasteiger partial charge in [-0.25, -0.2) is 4.90 Å². The highest BCUT2D eigenvalue weighted by molar-refractivity contribution is 8.02. The SMILES string of the molecule is Cc1noc(/C=C/c2ccccc2)c1N1C(=O)CSC12ON=C(c1ccccc1)N2c1ccccc1. The minimum absolute atomic E-state index is 0.119. The highest BCUT2D eigenvalue weighted by Crippen LogP contribution is 2.50. The number of nitrogens with zero attached hydrogens (tertiary/aromatic N) is 4. The number of rotatable bonds is 5. The van der Waals surface area contributed by atoms with Crippen molar-refractivity contribution in [1.29, 1.82) is 0 Å². The van der Waals surface area contributed by atoms with E-state index in [-0.39, 0.29) is 11.7 Å². The molecule has 0 bridgehead atoms. The molecular weight excluding hydrogens is 472 g/mol. The number of amidine groups is 1. The quantitative estimate of drug-likeness (QED) is 0.352. The summed E-state index contributed by atoms with van der Waals surface area (Å²) in [4.78, 5) is 23.3. The third-order valence-corrected chi connectivity index (χ3v) is 7.22. The molecule has 0 radical (unpaired) electrons. The van der Waals surface area contributed by atoms with Crippen molar-refractivity contribution in [2.24, 2.45) is 5.16 Å². The van der Waals surface area contributed by atoms with Crippen molar-refractivity contribution in [2.45, 2.75) is 12.1 Å². The van der Waals surface area contributed by atoms with Crippen molar-refractivity contribution in [2.75, 3.05) is 15.6 Å². The van der Waals surface area contributed by atoms with Gasteiger partial charge in [-0.05, 0) is 30.7 Å². The first-order chi connectivity index (χ1) is 17.7. The Labute approximate surface area is 212 Å². The average Bonchev–Trinajstić information content (AvgIpc) is 3.59. The van der Waals surface area contributed by atoms with Crippen molar-refractivity contribution in [1.82, 2.24) is 5.16 Å². The number of hydrogen-bond donors (Lipinski definition) is 0. The van der Waals surface area contributed by atoms with Crippen LogP contribution < -0.4 is 9.80 Å². The summed E-state index contributed by atoms with van der Waals surface area (Å²) < 4.78 is 5.68. The van der Waals surface area contributed by atoms with Crippen LogP contribution >= 0.6 is 11.8 Å². The first kappa shape index (κ1) is 22.2. The van der Waals surface area contributed by atoms with Gasteiger partial charge in [0.05, 0.1) is 5.75 Å². The second-order valence-corrected chi connectivity index (χ2v) is 9.44. The fraction of sp³-hybridized carbons (Fsp3) is 0.107. The van der Waals surface area contributed by atoms with Crippen molar-refractivity contribution in [3.05, 3.63) is 114 Å². The van der Waals surface area contributed by atoms with Gasteiger partial charge in [-0.2, -0.15) is 0 Å². The van der Waals surface area contributed by atoms with Crippen molar-refractivity contribution in [3.63, 3.8) is 0 Å². The van der Waals surface area contributed by atoms with Crippen LogP contribution in [0, 0.1) is 6.92 Å². The Hall–Kier alpha value is -4.30. The zero-order valence-corrected chi connectivity index (χ0v) is 20.3. The van der Waals surface area contributed by atoms with Crippen LogP contribution in [0.5, 0.6) is 0 Å². The van der Waals surface area contributed by atoms with Crippen LogP contribution in [0.2, 0.25) is 0 Å². The third-order valence-electron chi connectivity index (χ3n) is 6.01. The number of carbonyl (C=O) groups is 1. The molecule has 1 fully saturated rings. The van der Waals surface area contributed by atoms with E-state index in [0.717, 1.165) is 16.8 Å². The van der Waals surface area contributed by atoms with Gasteiger partial charge in [0.15, 0.2) is 11.6 Å². The number of anilines is 2. The molecule has 8 heteroatoms. The summed E-state index contributed by atoms with van der Waals surface area (Å²) in [5.41, 5.74) is 3.88. The number of amides is 1. The molecule has 0 aliphatic carbocycles. The van der Waals surface area contributed by atoms with E-state index in [4.69, 9.17) is 9.36 Å². The largest absolute Gasteiger partial charge is 0.354 e. The topological polar surface area (TPSA) is 71.2 Å². The maximum Gasteiger partial charge on any atom is 0.352 e. The Bertz CT molecular complexity index is 1450. The zero-order valence-electron chi connectivity index (χ0n) is 19.4. The standard InChI is InChI=1S/C28H22N4O3S/c1-20-26(24(34-29-20)18-17-21-11-5-2-6-12-21)32-25(33)19-36-28(32)31(23-15-9-4-10-16-23)27(30-35-28)22-13-7-3-8-14-22/h2-18H,19H2,1H3/b18-17+. The molecule has 1 spiro atoms. The van der Waals surface area contributed by atoms with Gasteiger partial charge in [0.25, 0.3) is 0 Å². The van der Waals surface area contributed by atoms with Gasteiger partial charge in [0.2, 0.25) is 5.91 Å². The van der Waals surface area contributed by atoms with Crippen LogP contribution in [0.15, 0.2) is 101 Å². The molecule has 4 aromatic rings. The van der Waals surface area contributed by atoms with Crippen LogP contribution in [0.1, 0.15) is 22.6 Å². The monoisotopic (exact) mass is 494 g/mol. The third kappa shape index (κ3) is 3.67. The van der Waals surface area contributed by atoms with E-state index >= 15 is 0 Å². The molecular formula is C28H22N4O3S. The van der Waals surface area contributed by atoms with E-state index < -0.39 is 5.18 Å². The maximum absolute atomic E-state index is 13.5. The lowest BCUT2D eigenvalue weighted by atomic mass is 10.1. The molecule has 3 heterocycles. The first-order valence-corrected chi connectivity index (χ1v) is 12.5. The Morgan fingerprint density at radius 2 is 1.56 bits per heavy atom. The smallest absolute Gasteiger partial charge is 0.352 e. The average molecular weight is 495 g/mol.